The normalized spacial score (nSPS) is 15.1. The largest absolute Gasteiger partial charge is 0.349 e. The number of aryl methyl sites for hydroxylation is 2. The maximum atomic E-state index is 12.5. The summed E-state index contributed by atoms with van der Waals surface area (Å²) >= 11 is 0. The molecule has 1 heterocycles. The number of carbonyl (C=O) groups is 1. The average Bonchev–Trinajstić information content (AvgIpc) is 3.02. The summed E-state index contributed by atoms with van der Waals surface area (Å²) in [5.74, 6) is -0.0540. The van der Waals surface area contributed by atoms with Crippen molar-refractivity contribution in [3.8, 4) is 0 Å². The van der Waals surface area contributed by atoms with E-state index in [0.29, 0.717) is 17.6 Å². The van der Waals surface area contributed by atoms with E-state index < -0.39 is 0 Å². The Morgan fingerprint density at radius 2 is 1.85 bits per heavy atom. The Kier molecular flexibility index (Phi) is 5.10. The minimum Gasteiger partial charge on any atom is -0.349 e. The molecule has 0 spiro atoms. The number of nitrogens with one attached hydrogen (secondary N) is 2. The van der Waals surface area contributed by atoms with Crippen LogP contribution < -0.4 is 11.0 Å². The zero-order chi connectivity index (χ0) is 18.6. The quantitative estimate of drug-likeness (QED) is 0.727. The molecule has 1 fully saturated rings. The summed E-state index contributed by atoms with van der Waals surface area (Å²) in [6, 6.07) is 15.9. The number of imidazole rings is 1. The molecule has 4 rings (SSSR count). The predicted molar refractivity (Wildman–Crippen MR) is 107 cm³/mol. The summed E-state index contributed by atoms with van der Waals surface area (Å²) in [4.78, 5) is 27.8. The number of aromatic nitrogens is 2. The van der Waals surface area contributed by atoms with Crippen LogP contribution in [0.5, 0.6) is 0 Å². The van der Waals surface area contributed by atoms with Crippen LogP contribution in [0.4, 0.5) is 0 Å². The lowest BCUT2D eigenvalue weighted by atomic mass is 9.95. The van der Waals surface area contributed by atoms with Gasteiger partial charge >= 0.3 is 5.69 Å². The molecule has 0 unspecified atom stereocenters. The van der Waals surface area contributed by atoms with Crippen molar-refractivity contribution in [3.05, 3.63) is 70.1 Å². The van der Waals surface area contributed by atoms with Crippen molar-refractivity contribution in [2.24, 2.45) is 0 Å². The van der Waals surface area contributed by atoms with Crippen LogP contribution in [0, 0.1) is 0 Å². The molecule has 1 saturated carbocycles. The van der Waals surface area contributed by atoms with Gasteiger partial charge in [-0.3, -0.25) is 9.36 Å². The molecule has 0 aliphatic heterocycles. The molecule has 1 aliphatic carbocycles. The fourth-order valence-corrected chi connectivity index (χ4v) is 3.93. The number of aromatic amines is 1. The molecule has 5 nitrogen and oxygen atoms in total. The van der Waals surface area contributed by atoms with Gasteiger partial charge in [0.15, 0.2) is 0 Å². The highest BCUT2D eigenvalue weighted by Gasteiger charge is 2.17. The van der Waals surface area contributed by atoms with Gasteiger partial charge in [0.1, 0.15) is 0 Å². The fraction of sp³-hybridized carbons (Fsp3) is 0.364. The zero-order valence-corrected chi connectivity index (χ0v) is 15.4. The third kappa shape index (κ3) is 3.97. The molecule has 5 heteroatoms. The van der Waals surface area contributed by atoms with Crippen molar-refractivity contribution < 1.29 is 4.79 Å². The highest BCUT2D eigenvalue weighted by atomic mass is 16.2. The molecule has 27 heavy (non-hydrogen) atoms. The Morgan fingerprint density at radius 3 is 2.63 bits per heavy atom. The van der Waals surface area contributed by atoms with Crippen molar-refractivity contribution in [2.75, 3.05) is 0 Å². The van der Waals surface area contributed by atoms with Crippen molar-refractivity contribution >= 4 is 16.9 Å². The van der Waals surface area contributed by atoms with E-state index in [2.05, 4.69) is 22.4 Å². The van der Waals surface area contributed by atoms with Gasteiger partial charge in [0.05, 0.1) is 11.0 Å². The van der Waals surface area contributed by atoms with E-state index in [-0.39, 0.29) is 17.6 Å². The summed E-state index contributed by atoms with van der Waals surface area (Å²) in [7, 11) is 0. The van der Waals surface area contributed by atoms with E-state index in [9.17, 15) is 9.59 Å². The Labute approximate surface area is 158 Å². The van der Waals surface area contributed by atoms with Gasteiger partial charge in [0, 0.05) is 18.2 Å². The fourth-order valence-electron chi connectivity index (χ4n) is 3.93. The smallest absolute Gasteiger partial charge is 0.326 e. The number of H-pyrrole nitrogens is 1. The lowest BCUT2D eigenvalue weighted by Crippen LogP contribution is -2.36. The van der Waals surface area contributed by atoms with Crippen LogP contribution in [0.2, 0.25) is 0 Å². The number of benzene rings is 2. The molecule has 0 saturated heterocycles. The van der Waals surface area contributed by atoms with E-state index >= 15 is 0 Å². The molecule has 0 radical (unpaired) electrons. The first-order valence-corrected chi connectivity index (χ1v) is 9.78. The van der Waals surface area contributed by atoms with Crippen LogP contribution in [0.1, 0.15) is 48.0 Å². The minimum absolute atomic E-state index is 0.0540. The Morgan fingerprint density at radius 1 is 1.07 bits per heavy atom. The van der Waals surface area contributed by atoms with Gasteiger partial charge in [-0.25, -0.2) is 4.79 Å². The highest BCUT2D eigenvalue weighted by molar-refractivity contribution is 5.97. The maximum Gasteiger partial charge on any atom is 0.326 e. The van der Waals surface area contributed by atoms with Gasteiger partial charge in [-0.15, -0.1) is 0 Å². The number of hydrogen-bond acceptors (Lipinski definition) is 2. The third-order valence-electron chi connectivity index (χ3n) is 5.44. The van der Waals surface area contributed by atoms with Gasteiger partial charge < -0.3 is 10.3 Å². The number of hydrogen-bond donors (Lipinski definition) is 2. The first kappa shape index (κ1) is 17.6. The lowest BCUT2D eigenvalue weighted by Gasteiger charge is -2.22. The average molecular weight is 363 g/mol. The molecule has 1 aliphatic rings. The number of fused-ring (bicyclic) bond motifs is 1. The summed E-state index contributed by atoms with van der Waals surface area (Å²) < 4.78 is 1.74. The van der Waals surface area contributed by atoms with E-state index in [4.69, 9.17) is 0 Å². The predicted octanol–water partition coefficient (Wildman–Crippen LogP) is 3.63. The standard InChI is InChI=1S/C22H25N3O2/c26-21(23-18-9-5-2-6-10-18)17-11-12-20-19(15-17)24-22(27)25(20)14-13-16-7-3-1-4-8-16/h1,3-4,7-8,11-12,15,18H,2,5-6,9-10,13-14H2,(H,23,26)(H,24,27). The second-order valence-corrected chi connectivity index (χ2v) is 7.36. The summed E-state index contributed by atoms with van der Waals surface area (Å²) in [6.45, 7) is 0.608. The van der Waals surface area contributed by atoms with Crippen molar-refractivity contribution in [2.45, 2.75) is 51.1 Å². The van der Waals surface area contributed by atoms with E-state index in [0.717, 1.165) is 24.8 Å². The molecule has 0 atom stereocenters. The minimum atomic E-state index is -0.134. The van der Waals surface area contributed by atoms with E-state index in [1.807, 2.05) is 30.3 Å². The number of nitrogens with zero attached hydrogens (tertiary/aromatic N) is 1. The van der Waals surface area contributed by atoms with Gasteiger partial charge in [0.2, 0.25) is 0 Å². The summed E-state index contributed by atoms with van der Waals surface area (Å²) in [5.41, 5.74) is 3.21. The molecular formula is C22H25N3O2. The van der Waals surface area contributed by atoms with Crippen LogP contribution in [-0.2, 0) is 13.0 Å². The highest BCUT2D eigenvalue weighted by Crippen LogP contribution is 2.19. The van der Waals surface area contributed by atoms with Crippen molar-refractivity contribution in [3.63, 3.8) is 0 Å². The SMILES string of the molecule is O=C(NC1CCCCC1)c1ccc2c(c1)[nH]c(=O)n2CCc1ccccc1. The van der Waals surface area contributed by atoms with Gasteiger partial charge in [-0.2, -0.15) is 0 Å². The van der Waals surface area contributed by atoms with Crippen LogP contribution in [0.25, 0.3) is 11.0 Å². The molecule has 2 aromatic carbocycles. The van der Waals surface area contributed by atoms with Crippen LogP contribution >= 0.6 is 0 Å². The summed E-state index contributed by atoms with van der Waals surface area (Å²) in [5, 5.41) is 3.13. The molecule has 3 aromatic rings. The zero-order valence-electron chi connectivity index (χ0n) is 15.4. The molecule has 140 valence electrons. The van der Waals surface area contributed by atoms with Crippen LogP contribution in [0.3, 0.4) is 0 Å². The lowest BCUT2D eigenvalue weighted by molar-refractivity contribution is 0.0928. The Bertz CT molecular complexity index is 982. The number of carbonyl (C=O) groups excluding carboxylic acids is 1. The topological polar surface area (TPSA) is 66.9 Å². The molecular weight excluding hydrogens is 338 g/mol. The number of amides is 1. The molecule has 0 bridgehead atoms. The van der Waals surface area contributed by atoms with Gasteiger partial charge in [0.25, 0.3) is 5.91 Å². The van der Waals surface area contributed by atoms with Crippen LogP contribution in [0.15, 0.2) is 53.3 Å². The van der Waals surface area contributed by atoms with Crippen molar-refractivity contribution in [1.82, 2.24) is 14.9 Å². The maximum absolute atomic E-state index is 12.5. The first-order chi connectivity index (χ1) is 13.2. The van der Waals surface area contributed by atoms with Crippen molar-refractivity contribution in [1.29, 1.82) is 0 Å². The molecule has 1 aromatic heterocycles. The monoisotopic (exact) mass is 363 g/mol. The second-order valence-electron chi connectivity index (χ2n) is 7.36. The van der Waals surface area contributed by atoms with E-state index in [1.54, 1.807) is 10.6 Å². The van der Waals surface area contributed by atoms with E-state index in [1.165, 1.54) is 24.8 Å². The number of rotatable bonds is 5. The van der Waals surface area contributed by atoms with Crippen LogP contribution in [-0.4, -0.2) is 21.5 Å². The Hall–Kier alpha value is -2.82. The Balaban J connectivity index is 1.51. The van der Waals surface area contributed by atoms with Gasteiger partial charge in [-0.05, 0) is 43.0 Å². The molecule has 2 N–H and O–H groups in total. The first-order valence-electron chi connectivity index (χ1n) is 9.78. The van der Waals surface area contributed by atoms with Gasteiger partial charge in [-0.1, -0.05) is 49.6 Å². The third-order valence-corrected chi connectivity index (χ3v) is 5.44. The second kappa shape index (κ2) is 7.82. The molecule has 1 amide bonds. The summed E-state index contributed by atoms with van der Waals surface area (Å²) in [6.07, 6.45) is 6.53.